The van der Waals surface area contributed by atoms with Crippen molar-refractivity contribution < 1.29 is 9.15 Å². The van der Waals surface area contributed by atoms with Crippen molar-refractivity contribution >= 4 is 27.6 Å². The normalized spacial score (nSPS) is 13.5. The van der Waals surface area contributed by atoms with Crippen molar-refractivity contribution in [2.45, 2.75) is 12.8 Å². The number of allylic oxidation sites excluding steroid dienone is 1. The molecule has 6 rings (SSSR count). The van der Waals surface area contributed by atoms with Crippen LogP contribution < -0.4 is 4.74 Å². The molecule has 0 unspecified atom stereocenters. The fourth-order valence-corrected chi connectivity index (χ4v) is 4.18. The Morgan fingerprint density at radius 3 is 2.33 bits per heavy atom. The highest BCUT2D eigenvalue weighted by Gasteiger charge is 2.18. The van der Waals surface area contributed by atoms with Gasteiger partial charge >= 0.3 is 0 Å². The van der Waals surface area contributed by atoms with Gasteiger partial charge in [0, 0.05) is 11.1 Å². The van der Waals surface area contributed by atoms with Gasteiger partial charge in [-0.25, -0.2) is 4.98 Å². The smallest absolute Gasteiger partial charge is 0.227 e. The third-order valence-electron chi connectivity index (χ3n) is 5.65. The fraction of sp³-hybridized carbons (Fsp3) is 0.0741. The number of hydrogen-bond acceptors (Lipinski definition) is 3. The molecule has 5 aromatic rings. The van der Waals surface area contributed by atoms with Gasteiger partial charge < -0.3 is 9.15 Å². The van der Waals surface area contributed by atoms with Crippen LogP contribution in [0.2, 0.25) is 0 Å². The number of fused-ring (bicyclic) bond motifs is 3. The number of aromatic nitrogens is 1. The van der Waals surface area contributed by atoms with Crippen LogP contribution in [0.5, 0.6) is 5.75 Å². The number of oxazole rings is 1. The standard InChI is InChI=1S/C27H19NO2/c1-5-13-24-18(8-1)9-7-15-25(29-24)21-16-17-22(20-11-3-2-10-19(20)21)27-28-23-12-4-6-14-26(23)30-27/h1-6,8,10-17H,7,9H2. The van der Waals surface area contributed by atoms with Crippen molar-refractivity contribution in [2.24, 2.45) is 0 Å². The number of nitrogens with zero attached hydrogens (tertiary/aromatic N) is 1. The lowest BCUT2D eigenvalue weighted by atomic mass is 9.98. The van der Waals surface area contributed by atoms with Crippen LogP contribution in [-0.4, -0.2) is 4.98 Å². The van der Waals surface area contributed by atoms with E-state index in [4.69, 9.17) is 14.1 Å². The van der Waals surface area contributed by atoms with E-state index in [0.29, 0.717) is 5.89 Å². The molecule has 1 aromatic heterocycles. The summed E-state index contributed by atoms with van der Waals surface area (Å²) in [7, 11) is 0. The summed E-state index contributed by atoms with van der Waals surface area (Å²) in [5, 5.41) is 2.23. The summed E-state index contributed by atoms with van der Waals surface area (Å²) in [4.78, 5) is 4.71. The maximum atomic E-state index is 6.37. The molecular formula is C27H19NO2. The van der Waals surface area contributed by atoms with Gasteiger partial charge in [0.05, 0.1) is 0 Å². The second kappa shape index (κ2) is 6.89. The lowest BCUT2D eigenvalue weighted by Crippen LogP contribution is -1.97. The van der Waals surface area contributed by atoms with Gasteiger partial charge in [-0.1, -0.05) is 54.6 Å². The molecule has 0 radical (unpaired) electrons. The number of ether oxygens (including phenoxy) is 1. The molecule has 0 N–H and O–H groups in total. The molecule has 2 heterocycles. The topological polar surface area (TPSA) is 35.3 Å². The first-order valence-corrected chi connectivity index (χ1v) is 10.2. The summed E-state index contributed by atoms with van der Waals surface area (Å²) in [6.07, 6.45) is 4.13. The number of para-hydroxylation sites is 3. The quantitative estimate of drug-likeness (QED) is 0.326. The molecule has 0 spiro atoms. The Kier molecular flexibility index (Phi) is 3.91. The summed E-state index contributed by atoms with van der Waals surface area (Å²) in [5.41, 5.74) is 4.98. The van der Waals surface area contributed by atoms with Crippen molar-refractivity contribution in [1.82, 2.24) is 4.98 Å². The molecule has 0 saturated carbocycles. The monoisotopic (exact) mass is 389 g/mol. The summed E-state index contributed by atoms with van der Waals surface area (Å²) in [5.74, 6) is 2.48. The van der Waals surface area contributed by atoms with Gasteiger partial charge in [0.25, 0.3) is 0 Å². The molecule has 0 bridgehead atoms. The summed E-state index contributed by atoms with van der Waals surface area (Å²) in [6.45, 7) is 0. The third kappa shape index (κ3) is 2.79. The van der Waals surface area contributed by atoms with E-state index in [0.717, 1.165) is 57.3 Å². The van der Waals surface area contributed by atoms with Crippen molar-refractivity contribution in [2.75, 3.05) is 0 Å². The minimum atomic E-state index is 0.639. The van der Waals surface area contributed by atoms with Gasteiger partial charge in [0.15, 0.2) is 5.58 Å². The van der Waals surface area contributed by atoms with Gasteiger partial charge in [-0.15, -0.1) is 0 Å². The number of rotatable bonds is 2. The number of hydrogen-bond donors (Lipinski definition) is 0. The van der Waals surface area contributed by atoms with Crippen LogP contribution in [0.15, 0.2) is 95.4 Å². The molecule has 0 atom stereocenters. The fourth-order valence-electron chi connectivity index (χ4n) is 4.18. The summed E-state index contributed by atoms with van der Waals surface area (Å²) < 4.78 is 12.4. The van der Waals surface area contributed by atoms with Crippen LogP contribution in [0.4, 0.5) is 0 Å². The van der Waals surface area contributed by atoms with E-state index >= 15 is 0 Å². The summed E-state index contributed by atoms with van der Waals surface area (Å²) >= 11 is 0. The van der Waals surface area contributed by atoms with Gasteiger partial charge in [0.1, 0.15) is 17.0 Å². The van der Waals surface area contributed by atoms with E-state index in [1.165, 1.54) is 5.56 Å². The van der Waals surface area contributed by atoms with E-state index in [-0.39, 0.29) is 0 Å². The average Bonchev–Trinajstić information content (AvgIpc) is 3.11. The third-order valence-corrected chi connectivity index (χ3v) is 5.65. The molecule has 3 heteroatoms. The van der Waals surface area contributed by atoms with Gasteiger partial charge in [-0.2, -0.15) is 0 Å². The molecule has 0 fully saturated rings. The van der Waals surface area contributed by atoms with E-state index in [9.17, 15) is 0 Å². The van der Waals surface area contributed by atoms with E-state index in [2.05, 4.69) is 54.6 Å². The van der Waals surface area contributed by atoms with Gasteiger partial charge in [-0.05, 0) is 65.6 Å². The first kappa shape index (κ1) is 17.0. The maximum Gasteiger partial charge on any atom is 0.227 e. The van der Waals surface area contributed by atoms with E-state index < -0.39 is 0 Å². The largest absolute Gasteiger partial charge is 0.457 e. The van der Waals surface area contributed by atoms with Crippen molar-refractivity contribution in [3.05, 3.63) is 102 Å². The van der Waals surface area contributed by atoms with Gasteiger partial charge in [0.2, 0.25) is 5.89 Å². The molecule has 4 aromatic carbocycles. The highest BCUT2D eigenvalue weighted by atomic mass is 16.5. The lowest BCUT2D eigenvalue weighted by Gasteiger charge is -2.14. The van der Waals surface area contributed by atoms with E-state index in [1.807, 2.05) is 36.4 Å². The van der Waals surface area contributed by atoms with Crippen LogP contribution in [0.3, 0.4) is 0 Å². The van der Waals surface area contributed by atoms with Crippen molar-refractivity contribution in [3.63, 3.8) is 0 Å². The van der Waals surface area contributed by atoms with Crippen LogP contribution in [0, 0.1) is 0 Å². The molecule has 0 saturated heterocycles. The number of aryl methyl sites for hydroxylation is 1. The Labute approximate surface area is 174 Å². The SMILES string of the molecule is C1=C(c2ccc(-c3nc4ccccc4o3)c3ccccc23)Oc2ccccc2CC1. The zero-order valence-corrected chi connectivity index (χ0v) is 16.3. The van der Waals surface area contributed by atoms with E-state index in [1.54, 1.807) is 0 Å². The Balaban J connectivity index is 1.51. The molecule has 144 valence electrons. The van der Waals surface area contributed by atoms with Crippen LogP contribution in [0.25, 0.3) is 39.1 Å². The maximum absolute atomic E-state index is 6.37. The zero-order valence-electron chi connectivity index (χ0n) is 16.3. The van der Waals surface area contributed by atoms with Crippen molar-refractivity contribution in [1.29, 1.82) is 0 Å². The molecule has 0 amide bonds. The minimum absolute atomic E-state index is 0.639. The lowest BCUT2D eigenvalue weighted by molar-refractivity contribution is 0.513. The Hall–Kier alpha value is -3.85. The first-order chi connectivity index (χ1) is 14.9. The minimum Gasteiger partial charge on any atom is -0.457 e. The summed E-state index contributed by atoms with van der Waals surface area (Å²) in [6, 6.07) is 28.7. The van der Waals surface area contributed by atoms with Gasteiger partial charge in [-0.3, -0.25) is 0 Å². The Morgan fingerprint density at radius 2 is 1.43 bits per heavy atom. The van der Waals surface area contributed by atoms with Crippen LogP contribution in [0.1, 0.15) is 17.5 Å². The molecule has 1 aliphatic rings. The number of benzene rings is 4. The average molecular weight is 389 g/mol. The molecule has 1 aliphatic heterocycles. The second-order valence-electron chi connectivity index (χ2n) is 7.51. The predicted molar refractivity (Wildman–Crippen MR) is 120 cm³/mol. The molecule has 0 aliphatic carbocycles. The Morgan fingerprint density at radius 1 is 0.700 bits per heavy atom. The van der Waals surface area contributed by atoms with Crippen LogP contribution in [-0.2, 0) is 6.42 Å². The zero-order chi connectivity index (χ0) is 19.9. The molecular weight excluding hydrogens is 370 g/mol. The van der Waals surface area contributed by atoms with Crippen LogP contribution >= 0.6 is 0 Å². The second-order valence-corrected chi connectivity index (χ2v) is 7.51. The molecule has 30 heavy (non-hydrogen) atoms. The Bertz CT molecular complexity index is 1390. The predicted octanol–water partition coefficient (Wildman–Crippen LogP) is 7.01. The highest BCUT2D eigenvalue weighted by molar-refractivity contribution is 6.01. The van der Waals surface area contributed by atoms with Crippen molar-refractivity contribution in [3.8, 4) is 17.2 Å². The highest BCUT2D eigenvalue weighted by Crippen LogP contribution is 2.37. The molecule has 3 nitrogen and oxygen atoms in total. The first-order valence-electron chi connectivity index (χ1n) is 10.2.